The number of nitrogens with zero attached hydrogens (tertiary/aromatic N) is 2. The number of unbranched alkanes of at least 4 members (excludes halogenated alkanes) is 2. The molecule has 6 heteroatoms. The van der Waals surface area contributed by atoms with E-state index in [-0.39, 0.29) is 0 Å². The van der Waals surface area contributed by atoms with Crippen molar-refractivity contribution >= 4 is 23.5 Å². The number of benzene rings is 1. The molecule has 0 saturated carbocycles. The second kappa shape index (κ2) is 10.3. The van der Waals surface area contributed by atoms with Gasteiger partial charge in [0.15, 0.2) is 0 Å². The van der Waals surface area contributed by atoms with E-state index < -0.39 is 0 Å². The van der Waals surface area contributed by atoms with Gasteiger partial charge in [-0.1, -0.05) is 26.7 Å². The van der Waals surface area contributed by atoms with Crippen molar-refractivity contribution in [3.05, 3.63) is 12.1 Å². The van der Waals surface area contributed by atoms with Crippen molar-refractivity contribution in [2.45, 2.75) is 39.5 Å². The fraction of sp³-hybridized carbons (Fsp3) is 0.500. The summed E-state index contributed by atoms with van der Waals surface area (Å²) in [6, 6.07) is 3.05. The Morgan fingerprint density at radius 1 is 0.864 bits per heavy atom. The van der Waals surface area contributed by atoms with E-state index in [1.54, 1.807) is 0 Å². The third-order valence-corrected chi connectivity index (χ3v) is 2.88. The van der Waals surface area contributed by atoms with Gasteiger partial charge in [0, 0.05) is 12.1 Å². The minimum atomic E-state index is 0.308. The first-order valence-corrected chi connectivity index (χ1v) is 7.36. The molecule has 0 unspecified atom stereocenters. The second-order valence-corrected chi connectivity index (χ2v) is 4.60. The Labute approximate surface area is 129 Å². The van der Waals surface area contributed by atoms with Gasteiger partial charge in [0.05, 0.1) is 13.2 Å². The Morgan fingerprint density at radius 3 is 1.59 bits per heavy atom. The molecular weight excluding hydrogens is 284 g/mol. The highest BCUT2D eigenvalue weighted by atomic mass is 16.5. The minimum Gasteiger partial charge on any atom is -0.491 e. The molecule has 1 rings (SSSR count). The van der Waals surface area contributed by atoms with Crippen molar-refractivity contribution in [2.75, 3.05) is 13.2 Å². The maximum absolute atomic E-state index is 10.6. The summed E-state index contributed by atoms with van der Waals surface area (Å²) in [6.07, 6.45) is 6.67. The third kappa shape index (κ3) is 5.52. The van der Waals surface area contributed by atoms with Crippen molar-refractivity contribution < 1.29 is 19.1 Å². The molecule has 0 N–H and O–H groups in total. The summed E-state index contributed by atoms with van der Waals surface area (Å²) in [5, 5.41) is 0. The van der Waals surface area contributed by atoms with E-state index in [0.717, 1.165) is 25.7 Å². The fourth-order valence-electron chi connectivity index (χ4n) is 1.70. The van der Waals surface area contributed by atoms with Crippen LogP contribution in [0.4, 0.5) is 11.4 Å². The van der Waals surface area contributed by atoms with Crippen molar-refractivity contribution in [1.29, 1.82) is 0 Å². The fourth-order valence-corrected chi connectivity index (χ4v) is 1.70. The molecule has 0 spiro atoms. The van der Waals surface area contributed by atoms with Crippen molar-refractivity contribution in [3.63, 3.8) is 0 Å². The van der Waals surface area contributed by atoms with Crippen molar-refractivity contribution in [1.82, 2.24) is 0 Å². The topological polar surface area (TPSA) is 77.3 Å². The lowest BCUT2D eigenvalue weighted by Gasteiger charge is -2.12. The molecule has 1 aromatic carbocycles. The summed E-state index contributed by atoms with van der Waals surface area (Å²) >= 11 is 0. The highest BCUT2D eigenvalue weighted by Gasteiger charge is 2.12. The summed E-state index contributed by atoms with van der Waals surface area (Å²) < 4.78 is 11.2. The molecule has 0 atom stereocenters. The van der Waals surface area contributed by atoms with Crippen LogP contribution in [0.25, 0.3) is 0 Å². The van der Waals surface area contributed by atoms with Crippen LogP contribution in [0.15, 0.2) is 22.1 Å². The molecule has 22 heavy (non-hydrogen) atoms. The van der Waals surface area contributed by atoms with Gasteiger partial charge in [0.2, 0.25) is 12.2 Å². The van der Waals surface area contributed by atoms with E-state index in [4.69, 9.17) is 9.47 Å². The maximum Gasteiger partial charge on any atom is 0.240 e. The number of hydrogen-bond donors (Lipinski definition) is 0. The molecule has 0 aliphatic carbocycles. The van der Waals surface area contributed by atoms with Crippen LogP contribution in [-0.2, 0) is 9.59 Å². The van der Waals surface area contributed by atoms with Crippen LogP contribution in [0.3, 0.4) is 0 Å². The molecule has 0 saturated heterocycles. The van der Waals surface area contributed by atoms with Gasteiger partial charge in [-0.2, -0.15) is 9.98 Å². The number of aliphatic imine (C=N–C) groups is 2. The van der Waals surface area contributed by atoms with Gasteiger partial charge in [-0.3, -0.25) is 0 Å². The molecular formula is C16H20N2O4. The molecule has 0 aliphatic heterocycles. The zero-order valence-electron chi connectivity index (χ0n) is 12.9. The Morgan fingerprint density at radius 2 is 1.27 bits per heavy atom. The van der Waals surface area contributed by atoms with Crippen LogP contribution in [0.5, 0.6) is 11.5 Å². The summed E-state index contributed by atoms with van der Waals surface area (Å²) in [5.41, 5.74) is 0.616. The van der Waals surface area contributed by atoms with E-state index >= 15 is 0 Å². The Hall–Kier alpha value is -2.42. The van der Waals surface area contributed by atoms with Gasteiger partial charge >= 0.3 is 0 Å². The zero-order valence-corrected chi connectivity index (χ0v) is 12.9. The first-order valence-electron chi connectivity index (χ1n) is 7.36. The smallest absolute Gasteiger partial charge is 0.240 e. The van der Waals surface area contributed by atoms with E-state index in [1.807, 2.05) is 13.8 Å². The Bertz CT molecular complexity index is 522. The molecule has 1 aromatic rings. The van der Waals surface area contributed by atoms with E-state index in [9.17, 15) is 9.59 Å². The number of ether oxygens (including phenoxy) is 2. The molecule has 0 aromatic heterocycles. The van der Waals surface area contributed by atoms with Crippen LogP contribution < -0.4 is 9.47 Å². The van der Waals surface area contributed by atoms with Gasteiger partial charge in [-0.15, -0.1) is 0 Å². The predicted molar refractivity (Wildman–Crippen MR) is 82.8 cm³/mol. The lowest BCUT2D eigenvalue weighted by molar-refractivity contribution is 0.303. The quantitative estimate of drug-likeness (QED) is 0.372. The first-order chi connectivity index (χ1) is 10.8. The summed E-state index contributed by atoms with van der Waals surface area (Å²) in [7, 11) is 0. The standard InChI is InChI=1S/C16H20N2O4/c1-3-5-7-21-15-9-14(18-12-20)16(22-8-6-4-2)10-13(15)17-11-19/h9-10H,3-8H2,1-2H3. The average molecular weight is 304 g/mol. The number of carbonyl (C=O) groups excluding carboxylic acids is 2. The van der Waals surface area contributed by atoms with E-state index in [0.29, 0.717) is 36.1 Å². The van der Waals surface area contributed by atoms with Crippen molar-refractivity contribution in [2.24, 2.45) is 9.98 Å². The van der Waals surface area contributed by atoms with Gasteiger partial charge in [0.25, 0.3) is 0 Å². The van der Waals surface area contributed by atoms with E-state index in [1.165, 1.54) is 24.3 Å². The molecule has 6 nitrogen and oxygen atoms in total. The molecule has 0 heterocycles. The predicted octanol–water partition coefficient (Wildman–Crippen LogP) is 3.98. The van der Waals surface area contributed by atoms with Gasteiger partial charge in [0.1, 0.15) is 22.9 Å². The molecule has 0 radical (unpaired) electrons. The Kier molecular flexibility index (Phi) is 8.28. The zero-order chi connectivity index (χ0) is 16.2. The molecule has 0 amide bonds. The van der Waals surface area contributed by atoms with Crippen LogP contribution in [0.2, 0.25) is 0 Å². The van der Waals surface area contributed by atoms with Gasteiger partial charge in [-0.05, 0) is 12.8 Å². The van der Waals surface area contributed by atoms with E-state index in [2.05, 4.69) is 9.98 Å². The van der Waals surface area contributed by atoms with Crippen LogP contribution in [0, 0.1) is 0 Å². The monoisotopic (exact) mass is 304 g/mol. The number of hydrogen-bond acceptors (Lipinski definition) is 6. The van der Waals surface area contributed by atoms with Gasteiger partial charge in [-0.25, -0.2) is 9.59 Å². The van der Waals surface area contributed by atoms with Gasteiger partial charge < -0.3 is 9.47 Å². The Balaban J connectivity index is 3.12. The van der Waals surface area contributed by atoms with Crippen LogP contribution >= 0.6 is 0 Å². The number of rotatable bonds is 10. The largest absolute Gasteiger partial charge is 0.491 e. The molecule has 118 valence electrons. The van der Waals surface area contributed by atoms with Crippen LogP contribution in [-0.4, -0.2) is 25.4 Å². The third-order valence-electron chi connectivity index (χ3n) is 2.88. The highest BCUT2D eigenvalue weighted by Crippen LogP contribution is 2.39. The maximum atomic E-state index is 10.6. The number of isocyanates is 2. The summed E-state index contributed by atoms with van der Waals surface area (Å²) in [5.74, 6) is 0.738. The highest BCUT2D eigenvalue weighted by molar-refractivity contribution is 5.70. The first kappa shape index (κ1) is 17.6. The summed E-state index contributed by atoms with van der Waals surface area (Å²) in [4.78, 5) is 28.4. The molecule has 0 fully saturated rings. The normalized spacial score (nSPS) is 9.55. The SMILES string of the molecule is CCCCOc1cc(N=C=O)c(OCCCC)cc1N=C=O. The minimum absolute atomic E-state index is 0.308. The molecule has 0 bridgehead atoms. The average Bonchev–Trinajstić information content (AvgIpc) is 2.51. The lowest BCUT2D eigenvalue weighted by Crippen LogP contribution is -1.99. The molecule has 0 aliphatic rings. The lowest BCUT2D eigenvalue weighted by atomic mass is 10.2. The second-order valence-electron chi connectivity index (χ2n) is 4.60. The van der Waals surface area contributed by atoms with Crippen LogP contribution in [0.1, 0.15) is 39.5 Å². The van der Waals surface area contributed by atoms with Crippen molar-refractivity contribution in [3.8, 4) is 11.5 Å². The summed E-state index contributed by atoms with van der Waals surface area (Å²) in [6.45, 7) is 5.05.